The van der Waals surface area contributed by atoms with Crippen molar-refractivity contribution in [3.8, 4) is 0 Å². The van der Waals surface area contributed by atoms with Crippen molar-refractivity contribution in [2.24, 2.45) is 5.73 Å². The lowest BCUT2D eigenvalue weighted by Crippen LogP contribution is -2.19. The zero-order valence-electron chi connectivity index (χ0n) is 9.55. The average molecular weight is 355 g/mol. The number of benzene rings is 1. The van der Waals surface area contributed by atoms with Crippen LogP contribution in [0.3, 0.4) is 0 Å². The van der Waals surface area contributed by atoms with Crippen molar-refractivity contribution in [2.45, 2.75) is 19.0 Å². The van der Waals surface area contributed by atoms with Crippen molar-refractivity contribution in [1.82, 2.24) is 0 Å². The third-order valence-corrected chi connectivity index (χ3v) is 2.87. The van der Waals surface area contributed by atoms with Gasteiger partial charge in [-0.05, 0) is 18.2 Å². The highest BCUT2D eigenvalue weighted by Gasteiger charge is 2.28. The zero-order valence-corrected chi connectivity index (χ0v) is 12.0. The van der Waals surface area contributed by atoms with Crippen LogP contribution in [0.4, 0.5) is 18.9 Å². The molecule has 0 fully saturated rings. The van der Waals surface area contributed by atoms with E-state index in [-0.39, 0.29) is 10.7 Å². The first-order valence-corrected chi connectivity index (χ1v) is 6.35. The highest BCUT2D eigenvalue weighted by molar-refractivity contribution is 9.10. The largest absolute Gasteiger partial charge is 0.389 e. The highest BCUT2D eigenvalue weighted by atomic mass is 79.9. The molecule has 19 heavy (non-hydrogen) atoms. The first-order chi connectivity index (χ1) is 8.69. The molecule has 0 heterocycles. The molecule has 1 rings (SSSR count). The number of thiocarbonyl (C=S) groups is 1. The Morgan fingerprint density at radius 2 is 2.05 bits per heavy atom. The maximum absolute atomic E-state index is 12.0. The molecule has 0 radical (unpaired) electrons. The Bertz CT molecular complexity index is 505. The maximum atomic E-state index is 12.0. The van der Waals surface area contributed by atoms with Crippen LogP contribution < -0.4 is 11.1 Å². The summed E-state index contributed by atoms with van der Waals surface area (Å²) >= 11 is 7.99. The number of rotatable bonds is 4. The van der Waals surface area contributed by atoms with E-state index in [0.29, 0.717) is 10.0 Å². The standard InChI is InChI=1S/C11H10BrF3N2OS/c12-6-1-2-7(10(16)19)8(5-6)17-9(18)3-4-11(13,14)15/h1-2,5H,3-4H2,(H2,16,19)(H,17,18). The van der Waals surface area contributed by atoms with Crippen LogP contribution in [0.1, 0.15) is 18.4 Å². The van der Waals surface area contributed by atoms with Crippen molar-refractivity contribution in [3.05, 3.63) is 28.2 Å². The SMILES string of the molecule is NC(=S)c1ccc(Br)cc1NC(=O)CCC(F)(F)F. The Hall–Kier alpha value is -1.15. The maximum Gasteiger partial charge on any atom is 0.389 e. The normalized spacial score (nSPS) is 11.2. The van der Waals surface area contributed by atoms with E-state index in [2.05, 4.69) is 21.2 Å². The number of hydrogen-bond donors (Lipinski definition) is 2. The van der Waals surface area contributed by atoms with Crippen LogP contribution in [-0.2, 0) is 4.79 Å². The molecular formula is C11H10BrF3N2OS. The van der Waals surface area contributed by atoms with Gasteiger partial charge in [-0.25, -0.2) is 0 Å². The van der Waals surface area contributed by atoms with Gasteiger partial charge in [-0.3, -0.25) is 4.79 Å². The second-order valence-electron chi connectivity index (χ2n) is 3.72. The number of nitrogens with one attached hydrogen (secondary N) is 1. The number of hydrogen-bond acceptors (Lipinski definition) is 2. The van der Waals surface area contributed by atoms with Crippen molar-refractivity contribution in [1.29, 1.82) is 0 Å². The van der Waals surface area contributed by atoms with Crippen molar-refractivity contribution in [2.75, 3.05) is 5.32 Å². The van der Waals surface area contributed by atoms with Crippen LogP contribution >= 0.6 is 28.1 Å². The smallest absolute Gasteiger partial charge is 0.389 e. The summed E-state index contributed by atoms with van der Waals surface area (Å²) in [7, 11) is 0. The molecule has 0 unspecified atom stereocenters. The lowest BCUT2D eigenvalue weighted by Gasteiger charge is -2.11. The van der Waals surface area contributed by atoms with E-state index in [9.17, 15) is 18.0 Å². The molecule has 0 saturated heterocycles. The molecule has 0 spiro atoms. The summed E-state index contributed by atoms with van der Waals surface area (Å²) in [6.45, 7) is 0. The van der Waals surface area contributed by atoms with Gasteiger partial charge in [0.1, 0.15) is 4.99 Å². The Morgan fingerprint density at radius 1 is 1.42 bits per heavy atom. The molecule has 3 N–H and O–H groups in total. The molecular weight excluding hydrogens is 345 g/mol. The van der Waals surface area contributed by atoms with Crippen molar-refractivity contribution < 1.29 is 18.0 Å². The molecule has 8 heteroatoms. The molecule has 1 aromatic rings. The monoisotopic (exact) mass is 354 g/mol. The molecule has 0 atom stereocenters. The van der Waals surface area contributed by atoms with E-state index >= 15 is 0 Å². The van der Waals surface area contributed by atoms with Crippen molar-refractivity contribution >= 4 is 44.7 Å². The third kappa shape index (κ3) is 5.56. The summed E-state index contributed by atoms with van der Waals surface area (Å²) in [6.07, 6.45) is -6.18. The molecule has 0 aliphatic heterocycles. The fraction of sp³-hybridized carbons (Fsp3) is 0.273. The number of amides is 1. The summed E-state index contributed by atoms with van der Waals surface area (Å²) in [4.78, 5) is 11.5. The molecule has 0 saturated carbocycles. The second kappa shape index (κ2) is 6.33. The van der Waals surface area contributed by atoms with Gasteiger partial charge < -0.3 is 11.1 Å². The summed E-state index contributed by atoms with van der Waals surface area (Å²) < 4.78 is 36.6. The number of alkyl halides is 3. The van der Waals surface area contributed by atoms with E-state index in [4.69, 9.17) is 18.0 Å². The van der Waals surface area contributed by atoms with Gasteiger partial charge in [-0.15, -0.1) is 0 Å². The summed E-state index contributed by atoms with van der Waals surface area (Å²) in [5.41, 5.74) is 6.16. The summed E-state index contributed by atoms with van der Waals surface area (Å²) in [6, 6.07) is 4.77. The molecule has 0 aliphatic rings. The minimum atomic E-state index is -4.36. The second-order valence-corrected chi connectivity index (χ2v) is 5.07. The van der Waals surface area contributed by atoms with Gasteiger partial charge in [-0.1, -0.05) is 28.1 Å². The van der Waals surface area contributed by atoms with Crippen molar-refractivity contribution in [3.63, 3.8) is 0 Å². The highest BCUT2D eigenvalue weighted by Crippen LogP contribution is 2.24. The molecule has 1 aromatic carbocycles. The van der Waals surface area contributed by atoms with E-state index in [0.717, 1.165) is 0 Å². The van der Waals surface area contributed by atoms with Gasteiger partial charge in [0, 0.05) is 16.5 Å². The lowest BCUT2D eigenvalue weighted by atomic mass is 10.1. The minimum Gasteiger partial charge on any atom is -0.389 e. The molecule has 104 valence electrons. The van der Waals surface area contributed by atoms with Crippen LogP contribution in [0.25, 0.3) is 0 Å². The van der Waals surface area contributed by atoms with Crippen LogP contribution in [0.2, 0.25) is 0 Å². The fourth-order valence-corrected chi connectivity index (χ4v) is 1.84. The first-order valence-electron chi connectivity index (χ1n) is 5.15. The number of nitrogens with two attached hydrogens (primary N) is 1. The molecule has 0 aliphatic carbocycles. The molecule has 3 nitrogen and oxygen atoms in total. The topological polar surface area (TPSA) is 55.1 Å². The average Bonchev–Trinajstić information content (AvgIpc) is 2.25. The zero-order chi connectivity index (χ0) is 14.6. The Kier molecular flexibility index (Phi) is 5.30. The molecule has 0 bridgehead atoms. The predicted molar refractivity (Wildman–Crippen MR) is 73.9 cm³/mol. The Morgan fingerprint density at radius 3 is 2.58 bits per heavy atom. The predicted octanol–water partition coefficient (Wildman–Crippen LogP) is 3.36. The fourth-order valence-electron chi connectivity index (χ4n) is 1.30. The summed E-state index contributed by atoms with van der Waals surface area (Å²) in [5.74, 6) is -0.743. The van der Waals surface area contributed by atoms with Crippen LogP contribution in [0, 0.1) is 0 Å². The number of halogens is 4. The van der Waals surface area contributed by atoms with Crippen LogP contribution in [0.5, 0.6) is 0 Å². The number of carbonyl (C=O) groups is 1. The molecule has 0 aromatic heterocycles. The van der Waals surface area contributed by atoms with Crippen LogP contribution in [0.15, 0.2) is 22.7 Å². The van der Waals surface area contributed by atoms with Gasteiger partial charge in [0.05, 0.1) is 12.1 Å². The summed E-state index contributed by atoms with van der Waals surface area (Å²) in [5, 5.41) is 2.37. The van der Waals surface area contributed by atoms with Crippen LogP contribution in [-0.4, -0.2) is 17.1 Å². The van der Waals surface area contributed by atoms with E-state index in [1.165, 1.54) is 6.07 Å². The van der Waals surface area contributed by atoms with Gasteiger partial charge in [0.25, 0.3) is 0 Å². The van der Waals surface area contributed by atoms with E-state index in [1.54, 1.807) is 12.1 Å². The van der Waals surface area contributed by atoms with Gasteiger partial charge in [-0.2, -0.15) is 13.2 Å². The third-order valence-electron chi connectivity index (χ3n) is 2.16. The Labute approximate surface area is 121 Å². The Balaban J connectivity index is 2.78. The van der Waals surface area contributed by atoms with Gasteiger partial charge >= 0.3 is 6.18 Å². The van der Waals surface area contributed by atoms with Gasteiger partial charge in [0.2, 0.25) is 5.91 Å². The van der Waals surface area contributed by atoms with Gasteiger partial charge in [0.15, 0.2) is 0 Å². The number of carbonyl (C=O) groups excluding carboxylic acids is 1. The molecule has 1 amide bonds. The van der Waals surface area contributed by atoms with E-state index in [1.807, 2.05) is 0 Å². The minimum absolute atomic E-state index is 0.0543. The number of anilines is 1. The van der Waals surface area contributed by atoms with E-state index < -0.39 is 24.9 Å². The first kappa shape index (κ1) is 15.9. The lowest BCUT2D eigenvalue weighted by molar-refractivity contribution is -0.142. The quantitative estimate of drug-likeness (QED) is 0.815.